The largest absolute Gasteiger partial charge is 0.416 e. The van der Waals surface area contributed by atoms with Crippen LogP contribution in [0.2, 0.25) is 0 Å². The van der Waals surface area contributed by atoms with E-state index in [0.29, 0.717) is 31.1 Å². The van der Waals surface area contributed by atoms with Gasteiger partial charge in [0.2, 0.25) is 0 Å². The number of aromatic nitrogens is 1. The highest BCUT2D eigenvalue weighted by Gasteiger charge is 2.35. The minimum atomic E-state index is -4.35. The lowest BCUT2D eigenvalue weighted by atomic mass is 9.80. The molecule has 4 rings (SSSR count). The van der Waals surface area contributed by atoms with Crippen LogP contribution in [0.4, 0.5) is 13.2 Å². The summed E-state index contributed by atoms with van der Waals surface area (Å²) < 4.78 is 38.7. The Morgan fingerprint density at radius 2 is 1.78 bits per heavy atom. The molecule has 1 saturated carbocycles. The van der Waals surface area contributed by atoms with Gasteiger partial charge in [0.15, 0.2) is 0 Å². The van der Waals surface area contributed by atoms with Crippen molar-refractivity contribution < 1.29 is 22.8 Å². The molecular weight excluding hydrogens is 467 g/mol. The van der Waals surface area contributed by atoms with Crippen LogP contribution in [0.3, 0.4) is 0 Å². The molecule has 1 N–H and O–H groups in total. The Balaban J connectivity index is 1.40. The van der Waals surface area contributed by atoms with Gasteiger partial charge < -0.3 is 5.32 Å². The van der Waals surface area contributed by atoms with Crippen LogP contribution in [0.1, 0.15) is 85.2 Å². The summed E-state index contributed by atoms with van der Waals surface area (Å²) >= 11 is 0. The zero-order valence-electron chi connectivity index (χ0n) is 21.1. The second kappa shape index (κ2) is 10.7. The lowest BCUT2D eigenvalue weighted by Gasteiger charge is -2.27. The van der Waals surface area contributed by atoms with E-state index in [0.717, 1.165) is 54.6 Å². The summed E-state index contributed by atoms with van der Waals surface area (Å²) in [7, 11) is 0. The number of rotatable bonds is 7. The van der Waals surface area contributed by atoms with Crippen LogP contribution in [-0.2, 0) is 24.1 Å². The van der Waals surface area contributed by atoms with Gasteiger partial charge in [0.25, 0.3) is 5.91 Å². The third kappa shape index (κ3) is 5.97. The second-order valence-electron chi connectivity index (χ2n) is 10.6. The first-order valence-electron chi connectivity index (χ1n) is 12.7. The lowest BCUT2D eigenvalue weighted by Crippen LogP contribution is -2.32. The average molecular weight is 502 g/mol. The molecule has 194 valence electrons. The van der Waals surface area contributed by atoms with Crippen molar-refractivity contribution in [3.63, 3.8) is 0 Å². The van der Waals surface area contributed by atoms with Crippen molar-refractivity contribution in [1.29, 1.82) is 0 Å². The van der Waals surface area contributed by atoms with Gasteiger partial charge >= 0.3 is 6.18 Å². The van der Waals surface area contributed by atoms with E-state index in [1.54, 1.807) is 13.1 Å². The number of ketones is 1. The highest BCUT2D eigenvalue weighted by molar-refractivity contribution is 5.94. The molecule has 8 heteroatoms. The van der Waals surface area contributed by atoms with Gasteiger partial charge in [-0.05, 0) is 73.8 Å². The molecule has 1 aliphatic heterocycles. The number of fused-ring (bicyclic) bond motifs is 1. The smallest absolute Gasteiger partial charge is 0.352 e. The number of halogens is 3. The summed E-state index contributed by atoms with van der Waals surface area (Å²) in [5, 5.41) is 3.04. The van der Waals surface area contributed by atoms with Crippen molar-refractivity contribution in [2.24, 2.45) is 17.8 Å². The van der Waals surface area contributed by atoms with Crippen LogP contribution in [0.25, 0.3) is 0 Å². The Bertz CT molecular complexity index is 1090. The summed E-state index contributed by atoms with van der Waals surface area (Å²) in [5.41, 5.74) is 2.58. The van der Waals surface area contributed by atoms with Crippen LogP contribution < -0.4 is 5.32 Å². The standard InChI is InChI=1S/C28H34F3N3O2/c1-17(2)26-25-23(16-34(26)15-20-6-10-24(11-7-20)28(29,30)31)12-22(14-32-25)27(36)33-13-19-4-8-21(9-5-19)18(3)35/h6-7,10-12,14,17,19,21,26H,4-5,8-9,13,15-16H2,1-3H3,(H,33,36)/t19-,21-,26-/m0/s1. The number of benzene rings is 1. The third-order valence-corrected chi connectivity index (χ3v) is 7.58. The molecule has 0 bridgehead atoms. The molecule has 2 heterocycles. The molecule has 0 unspecified atom stereocenters. The second-order valence-corrected chi connectivity index (χ2v) is 10.6. The molecule has 0 radical (unpaired) electrons. The summed E-state index contributed by atoms with van der Waals surface area (Å²) in [6, 6.07) is 7.22. The predicted molar refractivity (Wildman–Crippen MR) is 131 cm³/mol. The molecule has 2 aromatic rings. The van der Waals surface area contributed by atoms with Gasteiger partial charge in [-0.3, -0.25) is 19.5 Å². The molecule has 1 atom stereocenters. The Morgan fingerprint density at radius 3 is 2.36 bits per heavy atom. The number of alkyl halides is 3. The molecule has 0 spiro atoms. The molecular formula is C28H34F3N3O2. The number of carbonyl (C=O) groups is 2. The van der Waals surface area contributed by atoms with Gasteiger partial charge in [-0.25, -0.2) is 0 Å². The molecule has 1 fully saturated rings. The first kappa shape index (κ1) is 26.3. The number of Topliss-reactive ketones (excluding diaryl/α,β-unsaturated/α-hetero) is 1. The fourth-order valence-electron chi connectivity index (χ4n) is 5.57. The molecule has 0 saturated heterocycles. The number of nitrogens with one attached hydrogen (secondary N) is 1. The normalized spacial score (nSPS) is 22.5. The van der Waals surface area contributed by atoms with Crippen LogP contribution in [-0.4, -0.2) is 28.1 Å². The van der Waals surface area contributed by atoms with Crippen LogP contribution >= 0.6 is 0 Å². The summed E-state index contributed by atoms with van der Waals surface area (Å²) in [5.74, 6) is 0.904. The molecule has 1 aromatic carbocycles. The highest BCUT2D eigenvalue weighted by Crippen LogP contribution is 2.39. The molecule has 5 nitrogen and oxygen atoms in total. The van der Waals surface area contributed by atoms with Crippen LogP contribution in [0.5, 0.6) is 0 Å². The quantitative estimate of drug-likeness (QED) is 0.510. The van der Waals surface area contributed by atoms with Crippen molar-refractivity contribution in [3.8, 4) is 0 Å². The van der Waals surface area contributed by atoms with E-state index in [9.17, 15) is 22.8 Å². The van der Waals surface area contributed by atoms with Gasteiger partial charge in [0, 0.05) is 31.7 Å². The Labute approximate surface area is 210 Å². The van der Waals surface area contributed by atoms with Gasteiger partial charge in [-0.2, -0.15) is 13.2 Å². The van der Waals surface area contributed by atoms with Crippen molar-refractivity contribution >= 4 is 11.7 Å². The van der Waals surface area contributed by atoms with Gasteiger partial charge in [-0.1, -0.05) is 26.0 Å². The van der Waals surface area contributed by atoms with E-state index >= 15 is 0 Å². The average Bonchev–Trinajstić information content (AvgIpc) is 3.19. The zero-order valence-corrected chi connectivity index (χ0v) is 21.1. The lowest BCUT2D eigenvalue weighted by molar-refractivity contribution is -0.137. The number of amides is 1. The predicted octanol–water partition coefficient (Wildman–Crippen LogP) is 5.94. The van der Waals surface area contributed by atoms with E-state index in [1.165, 1.54) is 12.1 Å². The Kier molecular flexibility index (Phi) is 7.83. The first-order valence-corrected chi connectivity index (χ1v) is 12.7. The SMILES string of the molecule is CC(=O)[C@H]1CC[C@H](CNC(=O)c2cnc3c(c2)CN(Cc2ccc(C(F)(F)F)cc2)[C@H]3C(C)C)CC1. The number of hydrogen-bond donors (Lipinski definition) is 1. The maximum atomic E-state index is 12.9. The molecule has 1 amide bonds. The van der Waals surface area contributed by atoms with Crippen molar-refractivity contribution in [3.05, 3.63) is 64.5 Å². The summed E-state index contributed by atoms with van der Waals surface area (Å²) in [6.07, 6.45) is 0.947. The summed E-state index contributed by atoms with van der Waals surface area (Å²) in [4.78, 5) is 31.3. The maximum Gasteiger partial charge on any atom is 0.416 e. The molecule has 36 heavy (non-hydrogen) atoms. The minimum Gasteiger partial charge on any atom is -0.352 e. The topological polar surface area (TPSA) is 62.3 Å². The van der Waals surface area contributed by atoms with E-state index in [4.69, 9.17) is 0 Å². The molecule has 1 aliphatic carbocycles. The van der Waals surface area contributed by atoms with Gasteiger partial charge in [0.05, 0.1) is 22.9 Å². The first-order chi connectivity index (χ1) is 17.0. The molecule has 1 aromatic heterocycles. The zero-order chi connectivity index (χ0) is 26.0. The Hall–Kier alpha value is -2.74. The van der Waals surface area contributed by atoms with E-state index in [-0.39, 0.29) is 29.6 Å². The van der Waals surface area contributed by atoms with E-state index in [2.05, 4.69) is 29.0 Å². The van der Waals surface area contributed by atoms with Crippen molar-refractivity contribution in [2.45, 2.75) is 71.8 Å². The monoisotopic (exact) mass is 501 g/mol. The van der Waals surface area contributed by atoms with Gasteiger partial charge in [0.1, 0.15) is 5.78 Å². The van der Waals surface area contributed by atoms with Crippen molar-refractivity contribution in [2.75, 3.05) is 6.54 Å². The number of nitrogens with zero attached hydrogens (tertiary/aromatic N) is 2. The molecule has 2 aliphatic rings. The summed E-state index contributed by atoms with van der Waals surface area (Å²) in [6.45, 7) is 7.53. The van der Waals surface area contributed by atoms with E-state index in [1.807, 2.05) is 6.07 Å². The number of hydrogen-bond acceptors (Lipinski definition) is 4. The van der Waals surface area contributed by atoms with Crippen LogP contribution in [0.15, 0.2) is 36.5 Å². The fraction of sp³-hybridized carbons (Fsp3) is 0.536. The van der Waals surface area contributed by atoms with Crippen LogP contribution in [0, 0.1) is 17.8 Å². The Morgan fingerprint density at radius 1 is 1.11 bits per heavy atom. The maximum absolute atomic E-state index is 12.9. The minimum absolute atomic E-state index is 0.0239. The highest BCUT2D eigenvalue weighted by atomic mass is 19.4. The van der Waals surface area contributed by atoms with E-state index < -0.39 is 11.7 Å². The number of pyridine rings is 1. The fourth-order valence-corrected chi connectivity index (χ4v) is 5.57. The third-order valence-electron chi connectivity index (χ3n) is 7.58. The number of carbonyl (C=O) groups excluding carboxylic acids is 2. The van der Waals surface area contributed by atoms with Crippen molar-refractivity contribution in [1.82, 2.24) is 15.2 Å². The van der Waals surface area contributed by atoms with Gasteiger partial charge in [-0.15, -0.1) is 0 Å².